The molecule has 0 N–H and O–H groups in total. The van der Waals surface area contributed by atoms with Gasteiger partial charge in [-0.15, -0.1) is 0 Å². The minimum Gasteiger partial charge on any atom is -0.360 e. The van der Waals surface area contributed by atoms with Crippen LogP contribution in [0.5, 0.6) is 0 Å². The van der Waals surface area contributed by atoms with E-state index >= 15 is 0 Å². The molecule has 0 aliphatic carbocycles. The summed E-state index contributed by atoms with van der Waals surface area (Å²) in [6.45, 7) is 3.60. The molecule has 0 aromatic rings. The Hall–Kier alpha value is -0.530. The number of aliphatic imine (C=N–C) groups is 1. The molecular weight excluding hydrogens is 136 g/mol. The molecule has 0 aromatic carbocycles. The molecule has 0 saturated carbocycles. The van der Waals surface area contributed by atoms with Crippen LogP contribution in [0.3, 0.4) is 0 Å². The topological polar surface area (TPSA) is 15.6 Å². The summed E-state index contributed by atoms with van der Waals surface area (Å²) in [7, 11) is 0. The van der Waals surface area contributed by atoms with Gasteiger partial charge in [0.15, 0.2) is 0 Å². The summed E-state index contributed by atoms with van der Waals surface area (Å²) in [5.41, 5.74) is 0. The molecular formula is C9H16N2. The number of piperidine rings is 1. The maximum atomic E-state index is 4.50. The van der Waals surface area contributed by atoms with Crippen molar-refractivity contribution >= 4 is 5.84 Å². The van der Waals surface area contributed by atoms with Gasteiger partial charge in [-0.05, 0) is 25.7 Å². The molecule has 11 heavy (non-hydrogen) atoms. The highest BCUT2D eigenvalue weighted by Gasteiger charge is 2.16. The molecule has 2 heteroatoms. The van der Waals surface area contributed by atoms with Gasteiger partial charge in [0.25, 0.3) is 0 Å². The first-order valence-electron chi connectivity index (χ1n) is 4.75. The third kappa shape index (κ3) is 1.55. The number of likely N-dealkylation sites (tertiary alicyclic amines) is 1. The van der Waals surface area contributed by atoms with Crippen molar-refractivity contribution in [1.29, 1.82) is 0 Å². The van der Waals surface area contributed by atoms with Crippen LogP contribution >= 0.6 is 0 Å². The first-order valence-corrected chi connectivity index (χ1v) is 4.75. The largest absolute Gasteiger partial charge is 0.360 e. The van der Waals surface area contributed by atoms with Crippen molar-refractivity contribution in [2.45, 2.75) is 32.1 Å². The summed E-state index contributed by atoms with van der Waals surface area (Å²) < 4.78 is 0. The maximum Gasteiger partial charge on any atom is 0.0989 e. The van der Waals surface area contributed by atoms with E-state index in [1.807, 2.05) is 0 Å². The van der Waals surface area contributed by atoms with Crippen LogP contribution in [0.2, 0.25) is 0 Å². The minimum atomic E-state index is 1.08. The van der Waals surface area contributed by atoms with Crippen molar-refractivity contribution in [3.8, 4) is 0 Å². The van der Waals surface area contributed by atoms with Crippen molar-refractivity contribution in [1.82, 2.24) is 4.90 Å². The van der Waals surface area contributed by atoms with Gasteiger partial charge in [0.1, 0.15) is 0 Å². The van der Waals surface area contributed by atoms with Crippen molar-refractivity contribution in [2.24, 2.45) is 4.99 Å². The third-order valence-electron chi connectivity index (χ3n) is 2.57. The molecule has 0 bridgehead atoms. The van der Waals surface area contributed by atoms with E-state index in [4.69, 9.17) is 0 Å². The Bertz CT molecular complexity index is 157. The van der Waals surface area contributed by atoms with E-state index < -0.39 is 0 Å². The fraction of sp³-hybridized carbons (Fsp3) is 0.889. The standard InChI is InChI=1S/C9H16N2/c1-2-7-11(8-3-1)9-5-4-6-10-9/h1-8H2. The van der Waals surface area contributed by atoms with Gasteiger partial charge >= 0.3 is 0 Å². The number of hydrogen-bond acceptors (Lipinski definition) is 2. The predicted molar refractivity (Wildman–Crippen MR) is 47.0 cm³/mol. The molecule has 0 radical (unpaired) electrons. The Morgan fingerprint density at radius 3 is 2.45 bits per heavy atom. The first-order chi connectivity index (χ1) is 5.47. The first kappa shape index (κ1) is 7.14. The highest BCUT2D eigenvalue weighted by atomic mass is 15.2. The van der Waals surface area contributed by atoms with Crippen LogP contribution in [-0.2, 0) is 0 Å². The van der Waals surface area contributed by atoms with Crippen LogP contribution in [0, 0.1) is 0 Å². The minimum absolute atomic E-state index is 1.08. The third-order valence-corrected chi connectivity index (χ3v) is 2.57. The van der Waals surface area contributed by atoms with Crippen LogP contribution in [0.15, 0.2) is 4.99 Å². The number of hydrogen-bond donors (Lipinski definition) is 0. The second-order valence-corrected chi connectivity index (χ2v) is 3.45. The summed E-state index contributed by atoms with van der Waals surface area (Å²) in [6, 6.07) is 0. The van der Waals surface area contributed by atoms with Crippen LogP contribution in [0.1, 0.15) is 32.1 Å². The highest BCUT2D eigenvalue weighted by molar-refractivity contribution is 5.83. The second-order valence-electron chi connectivity index (χ2n) is 3.45. The van der Waals surface area contributed by atoms with Gasteiger partial charge < -0.3 is 4.90 Å². The molecule has 2 rings (SSSR count). The zero-order valence-electron chi connectivity index (χ0n) is 7.05. The highest BCUT2D eigenvalue weighted by Crippen LogP contribution is 2.14. The number of rotatable bonds is 0. The lowest BCUT2D eigenvalue weighted by Crippen LogP contribution is -2.34. The molecule has 2 aliphatic heterocycles. The predicted octanol–water partition coefficient (Wildman–Crippen LogP) is 1.66. The zero-order valence-corrected chi connectivity index (χ0v) is 7.05. The van der Waals surface area contributed by atoms with E-state index in [2.05, 4.69) is 9.89 Å². The molecule has 62 valence electrons. The van der Waals surface area contributed by atoms with E-state index in [0.717, 1.165) is 6.54 Å². The second kappa shape index (κ2) is 3.24. The molecule has 0 spiro atoms. The van der Waals surface area contributed by atoms with E-state index in [9.17, 15) is 0 Å². The molecule has 0 aromatic heterocycles. The van der Waals surface area contributed by atoms with Crippen LogP contribution in [0.25, 0.3) is 0 Å². The van der Waals surface area contributed by atoms with Crippen molar-refractivity contribution in [3.05, 3.63) is 0 Å². The average Bonchev–Trinajstić information content (AvgIpc) is 2.58. The van der Waals surface area contributed by atoms with Crippen molar-refractivity contribution in [3.63, 3.8) is 0 Å². The normalized spacial score (nSPS) is 25.5. The van der Waals surface area contributed by atoms with Crippen molar-refractivity contribution in [2.75, 3.05) is 19.6 Å². The Morgan fingerprint density at radius 2 is 1.82 bits per heavy atom. The van der Waals surface area contributed by atoms with Gasteiger partial charge in [0.05, 0.1) is 5.84 Å². The summed E-state index contributed by atoms with van der Waals surface area (Å²) in [6.07, 6.45) is 6.69. The molecule has 2 nitrogen and oxygen atoms in total. The molecule has 0 amide bonds. The number of amidine groups is 1. The van der Waals surface area contributed by atoms with Gasteiger partial charge in [-0.1, -0.05) is 0 Å². The zero-order chi connectivity index (χ0) is 7.52. The Balaban J connectivity index is 1.92. The monoisotopic (exact) mass is 152 g/mol. The quantitative estimate of drug-likeness (QED) is 0.515. The Kier molecular flexibility index (Phi) is 2.11. The molecule has 1 fully saturated rings. The Morgan fingerprint density at radius 1 is 1.00 bits per heavy atom. The van der Waals surface area contributed by atoms with E-state index in [1.54, 1.807) is 0 Å². The molecule has 2 aliphatic rings. The average molecular weight is 152 g/mol. The van der Waals surface area contributed by atoms with Gasteiger partial charge in [-0.3, -0.25) is 4.99 Å². The number of nitrogens with zero attached hydrogens (tertiary/aromatic N) is 2. The van der Waals surface area contributed by atoms with E-state index in [1.165, 1.54) is 51.0 Å². The lowest BCUT2D eigenvalue weighted by Gasteiger charge is -2.28. The fourth-order valence-corrected chi connectivity index (χ4v) is 1.93. The smallest absolute Gasteiger partial charge is 0.0989 e. The SMILES string of the molecule is C1CCN(C2=NCCC2)CC1. The maximum absolute atomic E-state index is 4.50. The van der Waals surface area contributed by atoms with Crippen molar-refractivity contribution < 1.29 is 0 Å². The van der Waals surface area contributed by atoms with Gasteiger partial charge in [-0.25, -0.2) is 0 Å². The van der Waals surface area contributed by atoms with Crippen LogP contribution in [0.4, 0.5) is 0 Å². The van der Waals surface area contributed by atoms with Gasteiger partial charge in [-0.2, -0.15) is 0 Å². The van der Waals surface area contributed by atoms with Gasteiger partial charge in [0.2, 0.25) is 0 Å². The fourth-order valence-electron chi connectivity index (χ4n) is 1.93. The van der Waals surface area contributed by atoms with Gasteiger partial charge in [0, 0.05) is 26.1 Å². The van der Waals surface area contributed by atoms with E-state index in [0.29, 0.717) is 0 Å². The van der Waals surface area contributed by atoms with Crippen LogP contribution < -0.4 is 0 Å². The van der Waals surface area contributed by atoms with E-state index in [-0.39, 0.29) is 0 Å². The lowest BCUT2D eigenvalue weighted by atomic mass is 10.1. The Labute approximate surface area is 68.3 Å². The summed E-state index contributed by atoms with van der Waals surface area (Å²) in [5.74, 6) is 1.39. The molecule has 0 atom stereocenters. The van der Waals surface area contributed by atoms with Crippen LogP contribution in [-0.4, -0.2) is 30.4 Å². The molecule has 0 unspecified atom stereocenters. The summed E-state index contributed by atoms with van der Waals surface area (Å²) in [4.78, 5) is 6.98. The molecule has 1 saturated heterocycles. The summed E-state index contributed by atoms with van der Waals surface area (Å²) >= 11 is 0. The lowest BCUT2D eigenvalue weighted by molar-refractivity contribution is 0.338. The summed E-state index contributed by atoms with van der Waals surface area (Å²) in [5, 5.41) is 0. The molecule has 2 heterocycles.